The second-order valence-corrected chi connectivity index (χ2v) is 7.18. The van der Waals surface area contributed by atoms with Crippen LogP contribution in [0.1, 0.15) is 36.7 Å². The Bertz CT molecular complexity index is 964. The summed E-state index contributed by atoms with van der Waals surface area (Å²) in [5, 5.41) is 15.7. The minimum Gasteiger partial charge on any atom is -0.478 e. The Hall–Kier alpha value is -3.41. The van der Waals surface area contributed by atoms with Gasteiger partial charge in [-0.15, -0.1) is 0 Å². The number of aromatic carboxylic acids is 1. The van der Waals surface area contributed by atoms with E-state index in [2.05, 4.69) is 47.4 Å². The summed E-state index contributed by atoms with van der Waals surface area (Å²) in [6.45, 7) is 6.47. The van der Waals surface area contributed by atoms with Gasteiger partial charge < -0.3 is 15.7 Å². The highest BCUT2D eigenvalue weighted by Crippen LogP contribution is 2.31. The van der Waals surface area contributed by atoms with E-state index in [0.29, 0.717) is 17.3 Å². The SMILES string of the molecule is CC(C)(C)c1ccccc1Nc1cc(Nc2ccccc2C(=O)O)ncn1. The van der Waals surface area contributed by atoms with Gasteiger partial charge in [0.25, 0.3) is 0 Å². The first kappa shape index (κ1) is 18.4. The van der Waals surface area contributed by atoms with E-state index in [0.717, 1.165) is 5.69 Å². The van der Waals surface area contributed by atoms with E-state index in [1.54, 1.807) is 30.3 Å². The first-order chi connectivity index (χ1) is 12.8. The smallest absolute Gasteiger partial charge is 0.337 e. The van der Waals surface area contributed by atoms with Crippen LogP contribution in [0.4, 0.5) is 23.0 Å². The zero-order chi connectivity index (χ0) is 19.4. The third kappa shape index (κ3) is 4.41. The van der Waals surface area contributed by atoms with Gasteiger partial charge in [-0.1, -0.05) is 51.1 Å². The van der Waals surface area contributed by atoms with Gasteiger partial charge in [-0.05, 0) is 29.2 Å². The topological polar surface area (TPSA) is 87.1 Å². The van der Waals surface area contributed by atoms with Gasteiger partial charge in [0.15, 0.2) is 0 Å². The number of carboxylic acid groups (broad SMARTS) is 1. The number of para-hydroxylation sites is 2. The summed E-state index contributed by atoms with van der Waals surface area (Å²) in [5.41, 5.74) is 2.79. The predicted molar refractivity (Wildman–Crippen MR) is 107 cm³/mol. The summed E-state index contributed by atoms with van der Waals surface area (Å²) in [6, 6.07) is 16.5. The van der Waals surface area contributed by atoms with E-state index in [4.69, 9.17) is 0 Å². The van der Waals surface area contributed by atoms with Crippen molar-refractivity contribution >= 4 is 29.0 Å². The maximum atomic E-state index is 11.4. The number of rotatable bonds is 5. The van der Waals surface area contributed by atoms with Gasteiger partial charge in [0, 0.05) is 11.8 Å². The van der Waals surface area contributed by atoms with E-state index in [9.17, 15) is 9.90 Å². The van der Waals surface area contributed by atoms with Crippen LogP contribution >= 0.6 is 0 Å². The molecule has 3 rings (SSSR count). The normalized spacial score (nSPS) is 11.1. The minimum absolute atomic E-state index is 0.0157. The average molecular weight is 362 g/mol. The molecule has 0 saturated heterocycles. The second kappa shape index (κ2) is 7.45. The van der Waals surface area contributed by atoms with Crippen molar-refractivity contribution in [1.82, 2.24) is 9.97 Å². The van der Waals surface area contributed by atoms with Crippen LogP contribution in [0, 0.1) is 0 Å². The Morgan fingerprint density at radius 1 is 0.889 bits per heavy atom. The standard InChI is InChI=1S/C21H22N4O2/c1-21(2,3)15-9-5-7-11-17(15)25-19-12-18(22-13-23-19)24-16-10-6-4-8-14(16)20(26)27/h4-13H,1-3H3,(H,26,27)(H2,22,23,24,25). The van der Waals surface area contributed by atoms with Crippen molar-refractivity contribution in [3.05, 3.63) is 72.1 Å². The molecule has 0 aliphatic rings. The molecule has 0 radical (unpaired) electrons. The average Bonchev–Trinajstić information content (AvgIpc) is 2.62. The number of aromatic nitrogens is 2. The molecule has 0 atom stereocenters. The van der Waals surface area contributed by atoms with E-state index in [1.807, 2.05) is 18.2 Å². The summed E-state index contributed by atoms with van der Waals surface area (Å²) >= 11 is 0. The van der Waals surface area contributed by atoms with Crippen molar-refractivity contribution < 1.29 is 9.90 Å². The molecule has 6 nitrogen and oxygen atoms in total. The van der Waals surface area contributed by atoms with Crippen LogP contribution < -0.4 is 10.6 Å². The quantitative estimate of drug-likeness (QED) is 0.595. The number of carboxylic acids is 1. The molecular formula is C21H22N4O2. The van der Waals surface area contributed by atoms with Gasteiger partial charge in [0.05, 0.1) is 11.3 Å². The first-order valence-electron chi connectivity index (χ1n) is 8.62. The van der Waals surface area contributed by atoms with Crippen molar-refractivity contribution in [3.8, 4) is 0 Å². The second-order valence-electron chi connectivity index (χ2n) is 7.18. The van der Waals surface area contributed by atoms with E-state index >= 15 is 0 Å². The summed E-state index contributed by atoms with van der Waals surface area (Å²) in [6.07, 6.45) is 1.44. The van der Waals surface area contributed by atoms with Crippen LogP contribution in [0.3, 0.4) is 0 Å². The van der Waals surface area contributed by atoms with Gasteiger partial charge in [-0.3, -0.25) is 0 Å². The number of benzene rings is 2. The zero-order valence-electron chi connectivity index (χ0n) is 15.5. The highest BCUT2D eigenvalue weighted by atomic mass is 16.4. The van der Waals surface area contributed by atoms with Crippen LogP contribution in [0.15, 0.2) is 60.9 Å². The van der Waals surface area contributed by atoms with Crippen LogP contribution in [0.5, 0.6) is 0 Å². The van der Waals surface area contributed by atoms with Crippen molar-refractivity contribution in [2.75, 3.05) is 10.6 Å². The third-order valence-electron chi connectivity index (χ3n) is 4.09. The van der Waals surface area contributed by atoms with Crippen LogP contribution in [-0.4, -0.2) is 21.0 Å². The lowest BCUT2D eigenvalue weighted by molar-refractivity contribution is 0.0698. The predicted octanol–water partition coefficient (Wildman–Crippen LogP) is 4.96. The van der Waals surface area contributed by atoms with E-state index < -0.39 is 5.97 Å². The lowest BCUT2D eigenvalue weighted by Crippen LogP contribution is -2.13. The maximum Gasteiger partial charge on any atom is 0.337 e. The zero-order valence-corrected chi connectivity index (χ0v) is 15.5. The van der Waals surface area contributed by atoms with Gasteiger partial charge in [0.2, 0.25) is 0 Å². The van der Waals surface area contributed by atoms with Crippen LogP contribution in [-0.2, 0) is 5.41 Å². The first-order valence-corrected chi connectivity index (χ1v) is 8.62. The van der Waals surface area contributed by atoms with Gasteiger partial charge in [0.1, 0.15) is 18.0 Å². The van der Waals surface area contributed by atoms with Gasteiger partial charge in [-0.2, -0.15) is 0 Å². The number of nitrogens with one attached hydrogen (secondary N) is 2. The third-order valence-corrected chi connectivity index (χ3v) is 4.09. The minimum atomic E-state index is -0.996. The number of carbonyl (C=O) groups is 1. The number of hydrogen-bond donors (Lipinski definition) is 3. The molecular weight excluding hydrogens is 340 g/mol. The summed E-state index contributed by atoms with van der Waals surface area (Å²) in [7, 11) is 0. The van der Waals surface area contributed by atoms with Crippen molar-refractivity contribution in [1.29, 1.82) is 0 Å². The fourth-order valence-electron chi connectivity index (χ4n) is 2.79. The van der Waals surface area contributed by atoms with Gasteiger partial charge >= 0.3 is 5.97 Å². The number of nitrogens with zero attached hydrogens (tertiary/aromatic N) is 2. The molecule has 1 heterocycles. The molecule has 0 bridgehead atoms. The lowest BCUT2D eigenvalue weighted by Gasteiger charge is -2.23. The number of anilines is 4. The summed E-state index contributed by atoms with van der Waals surface area (Å²) in [5.74, 6) is 0.135. The molecule has 0 saturated carbocycles. The van der Waals surface area contributed by atoms with Crippen LogP contribution in [0.2, 0.25) is 0 Å². The maximum absolute atomic E-state index is 11.4. The molecule has 0 amide bonds. The molecule has 3 N–H and O–H groups in total. The summed E-state index contributed by atoms with van der Waals surface area (Å²) in [4.78, 5) is 19.8. The van der Waals surface area contributed by atoms with E-state index in [-0.39, 0.29) is 11.0 Å². The van der Waals surface area contributed by atoms with Crippen molar-refractivity contribution in [2.45, 2.75) is 26.2 Å². The Morgan fingerprint density at radius 2 is 1.44 bits per heavy atom. The molecule has 27 heavy (non-hydrogen) atoms. The summed E-state index contributed by atoms with van der Waals surface area (Å²) < 4.78 is 0. The molecule has 0 spiro atoms. The molecule has 0 unspecified atom stereocenters. The van der Waals surface area contributed by atoms with Crippen molar-refractivity contribution in [3.63, 3.8) is 0 Å². The Balaban J connectivity index is 1.87. The monoisotopic (exact) mass is 362 g/mol. The largest absolute Gasteiger partial charge is 0.478 e. The fourth-order valence-corrected chi connectivity index (χ4v) is 2.79. The Kier molecular flexibility index (Phi) is 5.07. The van der Waals surface area contributed by atoms with Crippen molar-refractivity contribution in [2.24, 2.45) is 0 Å². The fraction of sp³-hybridized carbons (Fsp3) is 0.190. The molecule has 0 aliphatic carbocycles. The molecule has 6 heteroatoms. The lowest BCUT2D eigenvalue weighted by atomic mass is 9.86. The molecule has 1 aromatic heterocycles. The Labute approximate surface area is 158 Å². The molecule has 0 aliphatic heterocycles. The number of hydrogen-bond acceptors (Lipinski definition) is 5. The van der Waals surface area contributed by atoms with Gasteiger partial charge in [-0.25, -0.2) is 14.8 Å². The molecule has 0 fully saturated rings. The highest BCUT2D eigenvalue weighted by Gasteiger charge is 2.18. The molecule has 3 aromatic rings. The van der Waals surface area contributed by atoms with E-state index in [1.165, 1.54) is 11.9 Å². The highest BCUT2D eigenvalue weighted by molar-refractivity contribution is 5.95. The Morgan fingerprint density at radius 3 is 2.07 bits per heavy atom. The van der Waals surface area contributed by atoms with Crippen LogP contribution in [0.25, 0.3) is 0 Å². The molecule has 2 aromatic carbocycles. The molecule has 138 valence electrons.